The first-order chi connectivity index (χ1) is 11.6. The minimum absolute atomic E-state index is 0.0740. The molecule has 2 N–H and O–H groups in total. The molecule has 0 unspecified atom stereocenters. The van der Waals surface area contributed by atoms with E-state index in [0.717, 1.165) is 6.21 Å². The van der Waals surface area contributed by atoms with E-state index in [1.165, 1.54) is 18.2 Å². The van der Waals surface area contributed by atoms with Gasteiger partial charge in [-0.1, -0.05) is 30.3 Å². The third-order valence-corrected chi connectivity index (χ3v) is 2.91. The molecule has 0 aliphatic rings. The summed E-state index contributed by atoms with van der Waals surface area (Å²) in [7, 11) is 0. The fourth-order valence-electron chi connectivity index (χ4n) is 1.76. The van der Waals surface area contributed by atoms with Crippen molar-refractivity contribution < 1.29 is 19.5 Å². The quantitative estimate of drug-likeness (QED) is 0.424. The highest BCUT2D eigenvalue weighted by atomic mass is 16.4. The molecule has 0 aliphatic heterocycles. The Morgan fingerprint density at radius 2 is 1.83 bits per heavy atom. The van der Waals surface area contributed by atoms with Crippen LogP contribution in [-0.2, 0) is 16.1 Å². The average molecular weight is 325 g/mol. The van der Waals surface area contributed by atoms with Gasteiger partial charge in [0, 0.05) is 17.3 Å². The number of aromatic carboxylic acids is 1. The molecule has 0 radical (unpaired) electrons. The SMILES string of the molecule is O=C(NCc1ccccn1)C(=O)N/N=C\c1ccccc1C(=O)[O-]. The first kappa shape index (κ1) is 16.8. The Morgan fingerprint density at radius 3 is 2.54 bits per heavy atom. The summed E-state index contributed by atoms with van der Waals surface area (Å²) in [6.07, 6.45) is 2.69. The van der Waals surface area contributed by atoms with E-state index in [0.29, 0.717) is 5.69 Å². The Kier molecular flexibility index (Phi) is 5.73. The first-order valence-corrected chi connectivity index (χ1v) is 6.89. The van der Waals surface area contributed by atoms with Crippen LogP contribution in [0.15, 0.2) is 53.8 Å². The standard InChI is InChI=1S/C16H14N4O4/c21-14(18-10-12-6-3-4-8-17-12)15(22)20-19-9-11-5-1-2-7-13(11)16(23)24/h1-9H,10H2,(H,18,21)(H,20,22)(H,23,24)/p-1/b19-9-. The number of carboxylic acid groups (broad SMARTS) is 1. The van der Waals surface area contributed by atoms with Crippen molar-refractivity contribution in [3.8, 4) is 0 Å². The maximum Gasteiger partial charge on any atom is 0.329 e. The van der Waals surface area contributed by atoms with Crippen LogP contribution >= 0.6 is 0 Å². The number of nitrogens with zero attached hydrogens (tertiary/aromatic N) is 2. The maximum atomic E-state index is 11.6. The topological polar surface area (TPSA) is 124 Å². The zero-order valence-corrected chi connectivity index (χ0v) is 12.4. The second-order valence-corrected chi connectivity index (χ2v) is 4.58. The van der Waals surface area contributed by atoms with Crippen molar-refractivity contribution in [1.29, 1.82) is 0 Å². The third kappa shape index (κ3) is 4.73. The van der Waals surface area contributed by atoms with Crippen LogP contribution in [0.25, 0.3) is 0 Å². The largest absolute Gasteiger partial charge is 0.545 e. The minimum atomic E-state index is -1.36. The number of rotatable bonds is 5. The molecule has 2 rings (SSSR count). The van der Waals surface area contributed by atoms with Gasteiger partial charge in [0.25, 0.3) is 0 Å². The molecule has 0 saturated carbocycles. The molecule has 122 valence electrons. The molecule has 0 fully saturated rings. The molecular formula is C16H13N4O4-. The lowest BCUT2D eigenvalue weighted by Crippen LogP contribution is -2.37. The summed E-state index contributed by atoms with van der Waals surface area (Å²) >= 11 is 0. The molecule has 2 amide bonds. The molecule has 0 bridgehead atoms. The van der Waals surface area contributed by atoms with Gasteiger partial charge in [0.2, 0.25) is 0 Å². The Bertz CT molecular complexity index is 775. The number of carbonyl (C=O) groups is 3. The summed E-state index contributed by atoms with van der Waals surface area (Å²) in [5.41, 5.74) is 2.79. The van der Waals surface area contributed by atoms with Gasteiger partial charge >= 0.3 is 11.8 Å². The number of hydrazone groups is 1. The van der Waals surface area contributed by atoms with Crippen molar-refractivity contribution in [3.63, 3.8) is 0 Å². The Hall–Kier alpha value is -3.55. The molecule has 1 aromatic heterocycles. The van der Waals surface area contributed by atoms with Gasteiger partial charge < -0.3 is 15.2 Å². The summed E-state index contributed by atoms with van der Waals surface area (Å²) in [4.78, 5) is 38.1. The second-order valence-electron chi connectivity index (χ2n) is 4.58. The fourth-order valence-corrected chi connectivity index (χ4v) is 1.76. The van der Waals surface area contributed by atoms with Crippen LogP contribution < -0.4 is 15.8 Å². The lowest BCUT2D eigenvalue weighted by Gasteiger charge is -2.06. The summed E-state index contributed by atoms with van der Waals surface area (Å²) in [6.45, 7) is 0.102. The molecule has 8 nitrogen and oxygen atoms in total. The van der Waals surface area contributed by atoms with E-state index in [9.17, 15) is 19.5 Å². The van der Waals surface area contributed by atoms with Crippen molar-refractivity contribution in [1.82, 2.24) is 15.7 Å². The van der Waals surface area contributed by atoms with Gasteiger partial charge in [-0.05, 0) is 12.1 Å². The van der Waals surface area contributed by atoms with E-state index < -0.39 is 17.8 Å². The molecule has 2 aromatic rings. The number of carbonyl (C=O) groups excluding carboxylic acids is 3. The van der Waals surface area contributed by atoms with Crippen LogP contribution in [0.3, 0.4) is 0 Å². The number of carboxylic acids is 1. The maximum absolute atomic E-state index is 11.6. The predicted molar refractivity (Wildman–Crippen MR) is 82.6 cm³/mol. The lowest BCUT2D eigenvalue weighted by molar-refractivity contribution is -0.255. The van der Waals surface area contributed by atoms with Crippen molar-refractivity contribution in [2.75, 3.05) is 0 Å². The lowest BCUT2D eigenvalue weighted by atomic mass is 10.1. The molecule has 1 aromatic carbocycles. The number of amides is 2. The first-order valence-electron chi connectivity index (χ1n) is 6.89. The fraction of sp³-hybridized carbons (Fsp3) is 0.0625. The van der Waals surface area contributed by atoms with Crippen LogP contribution in [0.1, 0.15) is 21.6 Å². The Morgan fingerprint density at radius 1 is 1.08 bits per heavy atom. The highest BCUT2D eigenvalue weighted by Gasteiger charge is 2.12. The van der Waals surface area contributed by atoms with Gasteiger partial charge in [0.15, 0.2) is 0 Å². The van der Waals surface area contributed by atoms with Crippen LogP contribution in [0.4, 0.5) is 0 Å². The molecule has 0 aliphatic carbocycles. The molecule has 8 heteroatoms. The number of nitrogens with one attached hydrogen (secondary N) is 2. The summed E-state index contributed by atoms with van der Waals surface area (Å²) in [5.74, 6) is -3.23. The number of hydrogen-bond acceptors (Lipinski definition) is 6. The van der Waals surface area contributed by atoms with Crippen molar-refractivity contribution in [3.05, 3.63) is 65.5 Å². The van der Waals surface area contributed by atoms with Crippen LogP contribution in [0, 0.1) is 0 Å². The minimum Gasteiger partial charge on any atom is -0.545 e. The van der Waals surface area contributed by atoms with E-state index in [1.54, 1.807) is 30.5 Å². The molecule has 0 saturated heterocycles. The van der Waals surface area contributed by atoms with E-state index >= 15 is 0 Å². The van der Waals surface area contributed by atoms with Crippen LogP contribution in [0.2, 0.25) is 0 Å². The Balaban J connectivity index is 1.88. The van der Waals surface area contributed by atoms with Gasteiger partial charge in [-0.25, -0.2) is 5.43 Å². The van der Waals surface area contributed by atoms with Gasteiger partial charge in [-0.15, -0.1) is 0 Å². The summed E-state index contributed by atoms with van der Waals surface area (Å²) in [6, 6.07) is 11.2. The monoisotopic (exact) mass is 325 g/mol. The van der Waals surface area contributed by atoms with Crippen molar-refractivity contribution in [2.45, 2.75) is 6.54 Å². The second kappa shape index (κ2) is 8.18. The average Bonchev–Trinajstić information content (AvgIpc) is 2.60. The predicted octanol–water partition coefficient (Wildman–Crippen LogP) is -0.788. The summed E-state index contributed by atoms with van der Waals surface area (Å²) in [5, 5.41) is 16.9. The number of aromatic nitrogens is 1. The number of benzene rings is 1. The van der Waals surface area contributed by atoms with E-state index in [2.05, 4.69) is 15.4 Å². The van der Waals surface area contributed by atoms with E-state index in [1.807, 2.05) is 5.43 Å². The number of hydrogen-bond donors (Lipinski definition) is 2. The van der Waals surface area contributed by atoms with Gasteiger partial charge in [0.1, 0.15) is 0 Å². The zero-order valence-electron chi connectivity index (χ0n) is 12.4. The zero-order chi connectivity index (χ0) is 17.4. The van der Waals surface area contributed by atoms with E-state index in [4.69, 9.17) is 0 Å². The molecule has 24 heavy (non-hydrogen) atoms. The van der Waals surface area contributed by atoms with Crippen molar-refractivity contribution in [2.24, 2.45) is 5.10 Å². The highest BCUT2D eigenvalue weighted by Crippen LogP contribution is 2.04. The van der Waals surface area contributed by atoms with Gasteiger partial charge in [-0.2, -0.15) is 5.10 Å². The molecular weight excluding hydrogens is 312 g/mol. The third-order valence-electron chi connectivity index (χ3n) is 2.91. The molecule has 0 spiro atoms. The Labute approximate surface area is 137 Å². The molecule has 0 atom stereocenters. The van der Waals surface area contributed by atoms with Crippen LogP contribution in [-0.4, -0.2) is 29.0 Å². The van der Waals surface area contributed by atoms with E-state index in [-0.39, 0.29) is 17.7 Å². The smallest absolute Gasteiger partial charge is 0.329 e. The van der Waals surface area contributed by atoms with Gasteiger partial charge in [-0.3, -0.25) is 14.6 Å². The highest BCUT2D eigenvalue weighted by molar-refractivity contribution is 6.35. The van der Waals surface area contributed by atoms with Crippen LogP contribution in [0.5, 0.6) is 0 Å². The number of pyridine rings is 1. The molecule has 1 heterocycles. The summed E-state index contributed by atoms with van der Waals surface area (Å²) < 4.78 is 0. The normalized spacial score (nSPS) is 10.3. The van der Waals surface area contributed by atoms with Gasteiger partial charge in [0.05, 0.1) is 24.4 Å². The van der Waals surface area contributed by atoms with Crippen molar-refractivity contribution >= 4 is 24.0 Å².